The molecular formula is C15H23N3O3. The van der Waals surface area contributed by atoms with Crippen molar-refractivity contribution in [3.63, 3.8) is 0 Å². The van der Waals surface area contributed by atoms with Crippen LogP contribution in [0.4, 0.5) is 0 Å². The molecule has 0 spiro atoms. The second-order valence-corrected chi connectivity index (χ2v) is 5.55. The molecule has 0 bridgehead atoms. The maximum absolute atomic E-state index is 5.44. The van der Waals surface area contributed by atoms with Crippen molar-refractivity contribution in [1.29, 1.82) is 0 Å². The highest BCUT2D eigenvalue weighted by atomic mass is 16.5. The van der Waals surface area contributed by atoms with Crippen molar-refractivity contribution in [3.05, 3.63) is 17.0 Å². The number of nitrogens with zero attached hydrogens (tertiary/aromatic N) is 3. The summed E-state index contributed by atoms with van der Waals surface area (Å²) in [5.41, 5.74) is 1.93. The quantitative estimate of drug-likeness (QED) is 0.857. The van der Waals surface area contributed by atoms with E-state index in [1.807, 2.05) is 13.8 Å². The van der Waals surface area contributed by atoms with Crippen LogP contribution in [0, 0.1) is 19.8 Å². The molecule has 0 radical (unpaired) electrons. The van der Waals surface area contributed by atoms with E-state index in [1.54, 1.807) is 14.2 Å². The topological polar surface area (TPSA) is 69.2 Å². The molecule has 0 fully saturated rings. The van der Waals surface area contributed by atoms with Crippen LogP contribution in [0.1, 0.15) is 30.9 Å². The lowest BCUT2D eigenvalue weighted by atomic mass is 10.00. The summed E-state index contributed by atoms with van der Waals surface area (Å²) in [5, 5.41) is 3.98. The second kappa shape index (κ2) is 6.28. The molecule has 0 N–H and O–H groups in total. The summed E-state index contributed by atoms with van der Waals surface area (Å²) in [4.78, 5) is 9.34. The summed E-state index contributed by atoms with van der Waals surface area (Å²) in [6.45, 7) is 8.00. The van der Waals surface area contributed by atoms with Crippen LogP contribution in [0.3, 0.4) is 0 Å². The summed E-state index contributed by atoms with van der Waals surface area (Å²) in [7, 11) is 3.26. The minimum absolute atomic E-state index is 0.0918. The number of hydrogen-bond acceptors (Lipinski definition) is 6. The molecule has 1 aliphatic rings. The molecule has 0 unspecified atom stereocenters. The minimum Gasteiger partial charge on any atom is -0.483 e. The Bertz CT molecular complexity index is 541. The molecular weight excluding hydrogens is 270 g/mol. The van der Waals surface area contributed by atoms with Crippen molar-refractivity contribution in [2.45, 2.75) is 46.2 Å². The largest absolute Gasteiger partial charge is 0.483 e. The van der Waals surface area contributed by atoms with E-state index in [0.29, 0.717) is 24.1 Å². The van der Waals surface area contributed by atoms with Gasteiger partial charge in [-0.25, -0.2) is 9.98 Å². The number of hydrogen-bond donors (Lipinski definition) is 0. The van der Waals surface area contributed by atoms with E-state index in [2.05, 4.69) is 29.0 Å². The van der Waals surface area contributed by atoms with Crippen molar-refractivity contribution < 1.29 is 14.0 Å². The monoisotopic (exact) mass is 293 g/mol. The number of rotatable bonds is 3. The molecule has 2 heterocycles. The van der Waals surface area contributed by atoms with Crippen molar-refractivity contribution >= 4 is 11.8 Å². The van der Waals surface area contributed by atoms with Gasteiger partial charge in [0.1, 0.15) is 17.8 Å². The highest BCUT2D eigenvalue weighted by Gasteiger charge is 2.31. The van der Waals surface area contributed by atoms with Crippen molar-refractivity contribution in [1.82, 2.24) is 5.16 Å². The van der Waals surface area contributed by atoms with Crippen molar-refractivity contribution in [2.75, 3.05) is 14.2 Å². The molecule has 1 aromatic heterocycles. The fourth-order valence-electron chi connectivity index (χ4n) is 2.48. The summed E-state index contributed by atoms with van der Waals surface area (Å²) in [6.07, 6.45) is 0.644. The third-order valence-corrected chi connectivity index (χ3v) is 3.72. The maximum atomic E-state index is 5.44. The average molecular weight is 293 g/mol. The molecule has 2 rings (SSSR count). The van der Waals surface area contributed by atoms with Gasteiger partial charge in [-0.2, -0.15) is 0 Å². The van der Waals surface area contributed by atoms with E-state index >= 15 is 0 Å². The fourth-order valence-corrected chi connectivity index (χ4v) is 2.48. The van der Waals surface area contributed by atoms with Crippen LogP contribution in [0.5, 0.6) is 0 Å². The Labute approximate surface area is 125 Å². The van der Waals surface area contributed by atoms with E-state index < -0.39 is 0 Å². The molecule has 6 nitrogen and oxygen atoms in total. The van der Waals surface area contributed by atoms with Crippen LogP contribution in [-0.2, 0) is 15.9 Å². The Morgan fingerprint density at radius 1 is 1.10 bits per heavy atom. The first-order valence-electron chi connectivity index (χ1n) is 7.13. The molecule has 0 aliphatic carbocycles. The molecule has 0 amide bonds. The number of aromatic nitrogens is 1. The summed E-state index contributed by atoms with van der Waals surface area (Å²) < 4.78 is 16.1. The van der Waals surface area contributed by atoms with Gasteiger partial charge in [-0.05, 0) is 19.8 Å². The lowest BCUT2D eigenvalue weighted by molar-refractivity contribution is 0.332. The third-order valence-electron chi connectivity index (χ3n) is 3.72. The van der Waals surface area contributed by atoms with E-state index in [1.165, 1.54) is 0 Å². The SMILES string of the molecule is COC1=N[C@H](C(C)C)C(OC)=N[C@H]1Cc1c(C)noc1C. The van der Waals surface area contributed by atoms with Gasteiger partial charge >= 0.3 is 0 Å². The minimum atomic E-state index is -0.197. The van der Waals surface area contributed by atoms with Crippen LogP contribution in [0.2, 0.25) is 0 Å². The molecule has 0 saturated carbocycles. The van der Waals surface area contributed by atoms with Gasteiger partial charge in [0.25, 0.3) is 0 Å². The maximum Gasteiger partial charge on any atom is 0.209 e. The summed E-state index contributed by atoms with van der Waals surface area (Å²) >= 11 is 0. The Kier molecular flexibility index (Phi) is 4.65. The third kappa shape index (κ3) is 3.09. The van der Waals surface area contributed by atoms with Crippen molar-refractivity contribution in [2.24, 2.45) is 15.9 Å². The van der Waals surface area contributed by atoms with Gasteiger partial charge in [0.05, 0.1) is 19.9 Å². The predicted octanol–water partition coefficient (Wildman–Crippen LogP) is 2.33. The Balaban J connectivity index is 2.30. The van der Waals surface area contributed by atoms with E-state index in [0.717, 1.165) is 17.0 Å². The van der Waals surface area contributed by atoms with Gasteiger partial charge in [-0.1, -0.05) is 19.0 Å². The van der Waals surface area contributed by atoms with E-state index in [-0.39, 0.29) is 12.1 Å². The first-order chi connectivity index (χ1) is 9.97. The van der Waals surface area contributed by atoms with Crippen LogP contribution >= 0.6 is 0 Å². The number of methoxy groups -OCH3 is 2. The van der Waals surface area contributed by atoms with Crippen LogP contribution in [0.25, 0.3) is 0 Å². The smallest absolute Gasteiger partial charge is 0.209 e. The normalized spacial score (nSPS) is 22.0. The molecule has 2 atom stereocenters. The molecule has 1 aromatic rings. The van der Waals surface area contributed by atoms with Crippen molar-refractivity contribution in [3.8, 4) is 0 Å². The number of ether oxygens (including phenoxy) is 2. The highest BCUT2D eigenvalue weighted by molar-refractivity contribution is 5.94. The number of aryl methyl sites for hydroxylation is 2. The van der Waals surface area contributed by atoms with Gasteiger partial charge in [0, 0.05) is 12.0 Å². The van der Waals surface area contributed by atoms with Crippen LogP contribution in [0.15, 0.2) is 14.5 Å². The van der Waals surface area contributed by atoms with Gasteiger partial charge in [0.15, 0.2) is 0 Å². The zero-order valence-electron chi connectivity index (χ0n) is 13.5. The lowest BCUT2D eigenvalue weighted by Gasteiger charge is -2.27. The molecule has 0 aromatic carbocycles. The van der Waals surface area contributed by atoms with Gasteiger partial charge in [0.2, 0.25) is 11.8 Å². The average Bonchev–Trinajstić information content (AvgIpc) is 2.78. The fraction of sp³-hybridized carbons (Fsp3) is 0.667. The summed E-state index contributed by atoms with van der Waals surface area (Å²) in [6, 6.07) is -0.289. The first kappa shape index (κ1) is 15.5. The predicted molar refractivity (Wildman–Crippen MR) is 81.0 cm³/mol. The van der Waals surface area contributed by atoms with Gasteiger partial charge in [-0.3, -0.25) is 0 Å². The van der Waals surface area contributed by atoms with E-state index in [9.17, 15) is 0 Å². The zero-order chi connectivity index (χ0) is 15.6. The molecule has 6 heteroatoms. The van der Waals surface area contributed by atoms with Crippen LogP contribution in [-0.4, -0.2) is 43.3 Å². The molecule has 1 aliphatic heterocycles. The first-order valence-corrected chi connectivity index (χ1v) is 7.13. The Morgan fingerprint density at radius 3 is 2.24 bits per heavy atom. The van der Waals surface area contributed by atoms with Crippen LogP contribution < -0.4 is 0 Å². The molecule has 0 saturated heterocycles. The molecule has 116 valence electrons. The summed E-state index contributed by atoms with van der Waals surface area (Å²) in [5.74, 6) is 2.40. The highest BCUT2D eigenvalue weighted by Crippen LogP contribution is 2.22. The van der Waals surface area contributed by atoms with Gasteiger partial charge in [-0.15, -0.1) is 0 Å². The Morgan fingerprint density at radius 2 is 1.76 bits per heavy atom. The second-order valence-electron chi connectivity index (χ2n) is 5.55. The van der Waals surface area contributed by atoms with E-state index in [4.69, 9.17) is 14.0 Å². The Hall–Kier alpha value is -1.85. The zero-order valence-corrected chi connectivity index (χ0v) is 13.5. The van der Waals surface area contributed by atoms with Gasteiger partial charge < -0.3 is 14.0 Å². The number of aliphatic imine (C=N–C) groups is 2. The molecule has 21 heavy (non-hydrogen) atoms. The standard InChI is InChI=1S/C15H23N3O3/c1-8(2)13-15(20-6)16-12(14(17-13)19-5)7-11-9(3)18-21-10(11)4/h8,12-13H,7H2,1-6H3/t12-,13+/m0/s1. The lowest BCUT2D eigenvalue weighted by Crippen LogP contribution is -2.38.